The van der Waals surface area contributed by atoms with Crippen molar-refractivity contribution < 1.29 is 14.3 Å². The highest BCUT2D eigenvalue weighted by Gasteiger charge is 2.14. The van der Waals surface area contributed by atoms with Crippen LogP contribution in [-0.4, -0.2) is 57.9 Å². The van der Waals surface area contributed by atoms with Crippen LogP contribution in [0.4, 0.5) is 5.69 Å². The van der Waals surface area contributed by atoms with Gasteiger partial charge < -0.3 is 25.4 Å². The van der Waals surface area contributed by atoms with E-state index in [1.54, 1.807) is 7.05 Å². The summed E-state index contributed by atoms with van der Waals surface area (Å²) in [6.45, 7) is 3.51. The predicted molar refractivity (Wildman–Crippen MR) is 127 cm³/mol. The van der Waals surface area contributed by atoms with Crippen LogP contribution in [0.1, 0.15) is 25.7 Å². The van der Waals surface area contributed by atoms with Crippen LogP contribution in [0.25, 0.3) is 0 Å². The van der Waals surface area contributed by atoms with E-state index < -0.39 is 0 Å². The lowest BCUT2D eigenvalue weighted by Crippen LogP contribution is -2.39. The molecule has 1 atom stereocenters. The smallest absolute Gasteiger partial charge is 0.226 e. The maximum atomic E-state index is 12.0. The molecule has 1 aromatic rings. The van der Waals surface area contributed by atoms with Gasteiger partial charge in [-0.1, -0.05) is 15.9 Å². The zero-order valence-corrected chi connectivity index (χ0v) is 20.1. The summed E-state index contributed by atoms with van der Waals surface area (Å²) < 4.78 is 12.1. The van der Waals surface area contributed by atoms with E-state index >= 15 is 0 Å². The topological polar surface area (TPSA) is 84.0 Å². The molecule has 1 unspecified atom stereocenters. The number of nitrogens with zero attached hydrogens (tertiary/aromatic N) is 1. The maximum Gasteiger partial charge on any atom is 0.226 e. The van der Waals surface area contributed by atoms with E-state index in [9.17, 15) is 4.79 Å². The Morgan fingerprint density at radius 3 is 2.71 bits per heavy atom. The highest BCUT2D eigenvalue weighted by molar-refractivity contribution is 14.0. The molecule has 0 bridgehead atoms. The van der Waals surface area contributed by atoms with Gasteiger partial charge in [0.1, 0.15) is 0 Å². The number of amides is 1. The number of guanidine groups is 1. The molecular weight excluding hydrogens is 539 g/mol. The van der Waals surface area contributed by atoms with Gasteiger partial charge in [-0.3, -0.25) is 9.79 Å². The van der Waals surface area contributed by atoms with Crippen LogP contribution in [0.2, 0.25) is 0 Å². The average Bonchev–Trinajstić information content (AvgIpc) is 3.18. The number of hydrogen-bond donors (Lipinski definition) is 3. The summed E-state index contributed by atoms with van der Waals surface area (Å²) in [6.07, 6.45) is 3.76. The summed E-state index contributed by atoms with van der Waals surface area (Å²) in [5.74, 6) is 0.647. The molecule has 0 aromatic heterocycles. The molecule has 0 saturated carbocycles. The third kappa shape index (κ3) is 10.6. The molecule has 7 nitrogen and oxygen atoms in total. The number of rotatable bonds is 10. The van der Waals surface area contributed by atoms with Gasteiger partial charge in [0.25, 0.3) is 0 Å². The van der Waals surface area contributed by atoms with Gasteiger partial charge in [0.15, 0.2) is 5.96 Å². The first-order valence-corrected chi connectivity index (χ1v) is 10.2. The van der Waals surface area contributed by atoms with Crippen molar-refractivity contribution in [1.29, 1.82) is 0 Å². The number of hydrogen-bond acceptors (Lipinski definition) is 4. The lowest BCUT2D eigenvalue weighted by molar-refractivity contribution is -0.116. The zero-order chi connectivity index (χ0) is 19.3. The second kappa shape index (κ2) is 15.0. The first-order valence-electron chi connectivity index (χ1n) is 9.36. The fraction of sp³-hybridized carbons (Fsp3) is 0.579. The van der Waals surface area contributed by atoms with Crippen molar-refractivity contribution in [3.05, 3.63) is 28.7 Å². The quantitative estimate of drug-likeness (QED) is 0.175. The molecule has 1 aliphatic rings. The third-order valence-corrected chi connectivity index (χ3v) is 4.61. The number of ether oxygens (including phenoxy) is 2. The molecule has 3 N–H and O–H groups in total. The Kier molecular flexibility index (Phi) is 13.5. The minimum absolute atomic E-state index is 0. The first-order chi connectivity index (χ1) is 13.2. The zero-order valence-electron chi connectivity index (χ0n) is 16.2. The molecule has 1 fully saturated rings. The van der Waals surface area contributed by atoms with Crippen molar-refractivity contribution in [3.63, 3.8) is 0 Å². The van der Waals surface area contributed by atoms with Gasteiger partial charge in [-0.15, -0.1) is 24.0 Å². The lowest BCUT2D eigenvalue weighted by atomic mass is 10.2. The molecule has 9 heteroatoms. The second-order valence-corrected chi connectivity index (χ2v) is 7.21. The molecule has 2 rings (SSSR count). The summed E-state index contributed by atoms with van der Waals surface area (Å²) in [4.78, 5) is 16.1. The summed E-state index contributed by atoms with van der Waals surface area (Å²) in [5, 5.41) is 9.22. The summed E-state index contributed by atoms with van der Waals surface area (Å²) >= 11 is 3.37. The number of halogens is 2. The van der Waals surface area contributed by atoms with E-state index in [2.05, 4.69) is 36.9 Å². The molecular formula is C19H30BrIN4O3. The van der Waals surface area contributed by atoms with Gasteiger partial charge in [-0.2, -0.15) is 0 Å². The Morgan fingerprint density at radius 1 is 1.29 bits per heavy atom. The molecule has 0 radical (unpaired) electrons. The Hall–Kier alpha value is -0.910. The molecule has 158 valence electrons. The normalized spacial score (nSPS) is 16.4. The largest absolute Gasteiger partial charge is 0.379 e. The average molecular weight is 569 g/mol. The Morgan fingerprint density at radius 2 is 2.04 bits per heavy atom. The van der Waals surface area contributed by atoms with Crippen LogP contribution in [-0.2, 0) is 14.3 Å². The summed E-state index contributed by atoms with van der Waals surface area (Å²) in [6, 6.07) is 7.50. The van der Waals surface area contributed by atoms with Crippen LogP contribution in [0.3, 0.4) is 0 Å². The van der Waals surface area contributed by atoms with Gasteiger partial charge in [0.05, 0.1) is 12.7 Å². The van der Waals surface area contributed by atoms with Crippen molar-refractivity contribution in [1.82, 2.24) is 10.6 Å². The van der Waals surface area contributed by atoms with Crippen LogP contribution in [0, 0.1) is 0 Å². The van der Waals surface area contributed by atoms with Crippen LogP contribution in [0.5, 0.6) is 0 Å². The predicted octanol–water partition coefficient (Wildman–Crippen LogP) is 3.15. The molecule has 1 amide bonds. The van der Waals surface area contributed by atoms with E-state index in [0.717, 1.165) is 42.6 Å². The monoisotopic (exact) mass is 568 g/mol. The standard InChI is InChI=1S/C19H29BrN4O3.HI/c1-21-19(22-10-3-12-26-14-17-4-2-13-27-17)23-11-9-18(25)24-16-7-5-15(20)6-8-16;/h5-8,17H,2-4,9-14H2,1H3,(H,24,25)(H2,21,22,23);1H. The molecule has 1 heterocycles. The van der Waals surface area contributed by atoms with E-state index in [0.29, 0.717) is 32.1 Å². The van der Waals surface area contributed by atoms with Crippen LogP contribution < -0.4 is 16.0 Å². The van der Waals surface area contributed by atoms with Crippen LogP contribution in [0.15, 0.2) is 33.7 Å². The number of carbonyl (C=O) groups excluding carboxylic acids is 1. The van der Waals surface area contributed by atoms with E-state index in [1.165, 1.54) is 0 Å². The number of benzene rings is 1. The molecule has 0 aliphatic carbocycles. The van der Waals surface area contributed by atoms with Crippen molar-refractivity contribution in [2.75, 3.05) is 45.3 Å². The Bertz CT molecular complexity index is 595. The minimum Gasteiger partial charge on any atom is -0.379 e. The van der Waals surface area contributed by atoms with Crippen LogP contribution >= 0.6 is 39.9 Å². The van der Waals surface area contributed by atoms with E-state index in [4.69, 9.17) is 9.47 Å². The first kappa shape index (κ1) is 25.1. The van der Waals surface area contributed by atoms with Gasteiger partial charge in [-0.05, 0) is 43.5 Å². The Labute approximate surface area is 192 Å². The highest BCUT2D eigenvalue weighted by atomic mass is 127. The number of carbonyl (C=O) groups is 1. The molecule has 1 saturated heterocycles. The number of aliphatic imine (C=N–C) groups is 1. The molecule has 28 heavy (non-hydrogen) atoms. The van der Waals surface area contributed by atoms with Crippen molar-refractivity contribution >= 4 is 57.5 Å². The highest BCUT2D eigenvalue weighted by Crippen LogP contribution is 2.14. The molecule has 1 aromatic carbocycles. The number of anilines is 1. The Balaban J connectivity index is 0.00000392. The maximum absolute atomic E-state index is 12.0. The van der Waals surface area contributed by atoms with E-state index in [-0.39, 0.29) is 36.0 Å². The fourth-order valence-corrected chi connectivity index (χ4v) is 2.91. The third-order valence-electron chi connectivity index (χ3n) is 4.08. The van der Waals surface area contributed by atoms with E-state index in [1.807, 2.05) is 24.3 Å². The number of nitrogens with one attached hydrogen (secondary N) is 3. The fourth-order valence-electron chi connectivity index (χ4n) is 2.64. The SMILES string of the molecule is CN=C(NCCCOCC1CCCO1)NCCC(=O)Nc1ccc(Br)cc1.I. The van der Waals surface area contributed by atoms with Gasteiger partial charge in [0.2, 0.25) is 5.91 Å². The van der Waals surface area contributed by atoms with Gasteiger partial charge >= 0.3 is 0 Å². The second-order valence-electron chi connectivity index (χ2n) is 6.29. The summed E-state index contributed by atoms with van der Waals surface area (Å²) in [7, 11) is 1.71. The van der Waals surface area contributed by atoms with Crippen molar-refractivity contribution in [2.24, 2.45) is 4.99 Å². The molecule has 0 spiro atoms. The lowest BCUT2D eigenvalue weighted by Gasteiger charge is -2.13. The minimum atomic E-state index is -0.0391. The van der Waals surface area contributed by atoms with Gasteiger partial charge in [-0.25, -0.2) is 0 Å². The summed E-state index contributed by atoms with van der Waals surface area (Å²) in [5.41, 5.74) is 0.786. The van der Waals surface area contributed by atoms with Gasteiger partial charge in [0, 0.05) is 49.9 Å². The molecule has 1 aliphatic heterocycles. The van der Waals surface area contributed by atoms with Crippen molar-refractivity contribution in [3.8, 4) is 0 Å². The van der Waals surface area contributed by atoms with Crippen molar-refractivity contribution in [2.45, 2.75) is 31.8 Å².